The van der Waals surface area contributed by atoms with Gasteiger partial charge in [0, 0.05) is 6.54 Å². The summed E-state index contributed by atoms with van der Waals surface area (Å²) in [7, 11) is 0. The standard InChI is InChI=1S/C15H28N2O3/c1-10(2)15(7-8-15)9-16-12(20)17-14(5,6)13(3,4)11(18)19/h10H,7-9H2,1-6H3,(H,18,19)(H2,16,17,20). The molecule has 0 aromatic rings. The molecule has 1 aliphatic carbocycles. The van der Waals surface area contributed by atoms with Gasteiger partial charge >= 0.3 is 12.0 Å². The first-order valence-corrected chi connectivity index (χ1v) is 7.24. The first-order chi connectivity index (χ1) is 8.94. The molecule has 1 saturated carbocycles. The third-order valence-corrected chi connectivity index (χ3v) is 5.24. The van der Waals surface area contributed by atoms with Gasteiger partial charge in [-0.05, 0) is 51.9 Å². The zero-order valence-corrected chi connectivity index (χ0v) is 13.5. The second-order valence-corrected chi connectivity index (χ2v) is 7.38. The Bertz CT molecular complexity index is 396. The average Bonchev–Trinajstić information content (AvgIpc) is 3.06. The first kappa shape index (κ1) is 16.8. The van der Waals surface area contributed by atoms with Crippen molar-refractivity contribution in [3.05, 3.63) is 0 Å². The van der Waals surface area contributed by atoms with Crippen molar-refractivity contribution in [3.63, 3.8) is 0 Å². The molecule has 0 unspecified atom stereocenters. The van der Waals surface area contributed by atoms with Gasteiger partial charge in [0.1, 0.15) is 0 Å². The van der Waals surface area contributed by atoms with E-state index in [1.165, 1.54) is 0 Å². The van der Waals surface area contributed by atoms with E-state index in [1.54, 1.807) is 27.7 Å². The van der Waals surface area contributed by atoms with E-state index in [0.29, 0.717) is 12.5 Å². The van der Waals surface area contributed by atoms with E-state index < -0.39 is 16.9 Å². The van der Waals surface area contributed by atoms with Gasteiger partial charge in [-0.1, -0.05) is 13.8 Å². The van der Waals surface area contributed by atoms with E-state index in [1.807, 2.05) is 0 Å². The maximum atomic E-state index is 12.0. The third-order valence-electron chi connectivity index (χ3n) is 5.24. The maximum Gasteiger partial charge on any atom is 0.315 e. The van der Waals surface area contributed by atoms with Crippen LogP contribution in [0.5, 0.6) is 0 Å². The summed E-state index contributed by atoms with van der Waals surface area (Å²) in [6.45, 7) is 11.7. The normalized spacial score (nSPS) is 17.8. The number of nitrogens with one attached hydrogen (secondary N) is 2. The second-order valence-electron chi connectivity index (χ2n) is 7.38. The molecule has 0 atom stereocenters. The zero-order chi connectivity index (χ0) is 15.8. The van der Waals surface area contributed by atoms with Gasteiger partial charge in [-0.3, -0.25) is 4.79 Å². The number of carbonyl (C=O) groups excluding carboxylic acids is 1. The van der Waals surface area contributed by atoms with E-state index in [-0.39, 0.29) is 11.4 Å². The lowest BCUT2D eigenvalue weighted by molar-refractivity contribution is -0.150. The molecule has 0 heterocycles. The van der Waals surface area contributed by atoms with Crippen molar-refractivity contribution < 1.29 is 14.7 Å². The molecular weight excluding hydrogens is 256 g/mol. The molecule has 116 valence electrons. The molecule has 2 amide bonds. The summed E-state index contributed by atoms with van der Waals surface area (Å²) in [5.41, 5.74) is -1.64. The van der Waals surface area contributed by atoms with Crippen molar-refractivity contribution in [2.75, 3.05) is 6.54 Å². The summed E-state index contributed by atoms with van der Waals surface area (Å²) in [4.78, 5) is 23.3. The second kappa shape index (κ2) is 5.26. The Labute approximate surface area is 121 Å². The lowest BCUT2D eigenvalue weighted by Crippen LogP contribution is -2.59. The molecule has 0 radical (unpaired) electrons. The summed E-state index contributed by atoms with van der Waals surface area (Å²) in [5.74, 6) is -0.380. The summed E-state index contributed by atoms with van der Waals surface area (Å²) in [6.07, 6.45) is 2.30. The van der Waals surface area contributed by atoms with Crippen LogP contribution in [0.25, 0.3) is 0 Å². The highest BCUT2D eigenvalue weighted by molar-refractivity contribution is 5.79. The van der Waals surface area contributed by atoms with E-state index in [4.69, 9.17) is 0 Å². The van der Waals surface area contributed by atoms with Crippen molar-refractivity contribution in [1.29, 1.82) is 0 Å². The number of hydrogen-bond acceptors (Lipinski definition) is 2. The number of hydrogen-bond donors (Lipinski definition) is 3. The Balaban J connectivity index is 2.56. The lowest BCUT2D eigenvalue weighted by atomic mass is 9.74. The summed E-state index contributed by atoms with van der Waals surface area (Å²) >= 11 is 0. The summed E-state index contributed by atoms with van der Waals surface area (Å²) < 4.78 is 0. The van der Waals surface area contributed by atoms with Crippen molar-refractivity contribution in [2.45, 2.75) is 59.9 Å². The third kappa shape index (κ3) is 3.25. The van der Waals surface area contributed by atoms with Crippen molar-refractivity contribution in [1.82, 2.24) is 10.6 Å². The smallest absolute Gasteiger partial charge is 0.315 e. The molecule has 20 heavy (non-hydrogen) atoms. The van der Waals surface area contributed by atoms with Crippen LogP contribution in [0.1, 0.15) is 54.4 Å². The Kier molecular flexibility index (Phi) is 4.42. The molecule has 1 rings (SSSR count). The highest BCUT2D eigenvalue weighted by Crippen LogP contribution is 2.51. The molecule has 5 heteroatoms. The minimum atomic E-state index is -1.04. The van der Waals surface area contributed by atoms with E-state index in [9.17, 15) is 14.7 Å². The monoisotopic (exact) mass is 284 g/mol. The molecule has 0 spiro atoms. The Morgan fingerprint density at radius 3 is 2.05 bits per heavy atom. The number of carboxylic acid groups (broad SMARTS) is 1. The van der Waals surface area contributed by atoms with Crippen molar-refractivity contribution in [2.24, 2.45) is 16.7 Å². The van der Waals surface area contributed by atoms with Gasteiger partial charge in [0.05, 0.1) is 11.0 Å². The average molecular weight is 284 g/mol. The van der Waals surface area contributed by atoms with Crippen LogP contribution in [-0.2, 0) is 4.79 Å². The quantitative estimate of drug-likeness (QED) is 0.701. The molecule has 5 nitrogen and oxygen atoms in total. The lowest BCUT2D eigenvalue weighted by Gasteiger charge is -2.38. The van der Waals surface area contributed by atoms with Crippen LogP contribution in [0.15, 0.2) is 0 Å². The van der Waals surface area contributed by atoms with Gasteiger partial charge < -0.3 is 15.7 Å². The molecule has 0 aromatic carbocycles. The number of carboxylic acids is 1. The fourth-order valence-corrected chi connectivity index (χ4v) is 2.13. The van der Waals surface area contributed by atoms with Crippen LogP contribution in [0.2, 0.25) is 0 Å². The van der Waals surface area contributed by atoms with Gasteiger partial charge in [-0.15, -0.1) is 0 Å². The van der Waals surface area contributed by atoms with Gasteiger partial charge in [-0.2, -0.15) is 0 Å². The number of carbonyl (C=O) groups is 2. The molecule has 0 saturated heterocycles. The van der Waals surface area contributed by atoms with Gasteiger partial charge in [0.25, 0.3) is 0 Å². The minimum Gasteiger partial charge on any atom is -0.481 e. The van der Waals surface area contributed by atoms with Gasteiger partial charge in [-0.25, -0.2) is 4.79 Å². The summed E-state index contributed by atoms with van der Waals surface area (Å²) in [5, 5.41) is 14.9. The fraction of sp³-hybridized carbons (Fsp3) is 0.867. The minimum absolute atomic E-state index is 0.240. The maximum absolute atomic E-state index is 12.0. The molecule has 0 aromatic heterocycles. The molecule has 1 fully saturated rings. The Morgan fingerprint density at radius 2 is 1.70 bits per heavy atom. The van der Waals surface area contributed by atoms with E-state index in [0.717, 1.165) is 12.8 Å². The highest BCUT2D eigenvalue weighted by atomic mass is 16.4. The van der Waals surface area contributed by atoms with E-state index in [2.05, 4.69) is 24.5 Å². The van der Waals surface area contributed by atoms with Crippen LogP contribution >= 0.6 is 0 Å². The van der Waals surface area contributed by atoms with E-state index >= 15 is 0 Å². The number of aliphatic carboxylic acids is 1. The van der Waals surface area contributed by atoms with Gasteiger partial charge in [0.2, 0.25) is 0 Å². The largest absolute Gasteiger partial charge is 0.481 e. The van der Waals surface area contributed by atoms with Crippen LogP contribution in [-0.4, -0.2) is 29.2 Å². The predicted molar refractivity (Wildman–Crippen MR) is 78.5 cm³/mol. The number of amides is 2. The van der Waals surface area contributed by atoms with Crippen LogP contribution < -0.4 is 10.6 Å². The molecule has 1 aliphatic rings. The molecule has 3 N–H and O–H groups in total. The summed E-state index contributed by atoms with van der Waals surface area (Å²) in [6, 6.07) is -0.295. The zero-order valence-electron chi connectivity index (χ0n) is 13.5. The topological polar surface area (TPSA) is 78.4 Å². The van der Waals surface area contributed by atoms with Crippen LogP contribution in [0.3, 0.4) is 0 Å². The molecule has 0 bridgehead atoms. The first-order valence-electron chi connectivity index (χ1n) is 7.24. The Morgan fingerprint density at radius 1 is 1.20 bits per heavy atom. The number of urea groups is 1. The molecule has 0 aliphatic heterocycles. The highest BCUT2D eigenvalue weighted by Gasteiger charge is 2.47. The fourth-order valence-electron chi connectivity index (χ4n) is 2.13. The van der Waals surface area contributed by atoms with Crippen LogP contribution in [0.4, 0.5) is 4.79 Å². The van der Waals surface area contributed by atoms with Crippen molar-refractivity contribution >= 4 is 12.0 Å². The Hall–Kier alpha value is -1.26. The SMILES string of the molecule is CC(C)C1(CNC(=O)NC(C)(C)C(C)(C)C(=O)O)CC1. The number of rotatable bonds is 6. The van der Waals surface area contributed by atoms with Crippen LogP contribution in [0, 0.1) is 16.7 Å². The predicted octanol–water partition coefficient (Wildman–Crippen LogP) is 2.61. The van der Waals surface area contributed by atoms with Crippen molar-refractivity contribution in [3.8, 4) is 0 Å². The van der Waals surface area contributed by atoms with Gasteiger partial charge in [0.15, 0.2) is 0 Å². The molecular formula is C15H28N2O3.